The fourth-order valence-corrected chi connectivity index (χ4v) is 5.65. The van der Waals surface area contributed by atoms with Crippen LogP contribution in [0.1, 0.15) is 38.7 Å². The zero-order valence-corrected chi connectivity index (χ0v) is 18.0. The molecule has 3 atom stereocenters. The number of piperazine rings is 1. The van der Waals surface area contributed by atoms with E-state index in [-0.39, 0.29) is 11.9 Å². The average Bonchev–Trinajstić information content (AvgIpc) is 2.66. The predicted molar refractivity (Wildman–Crippen MR) is 110 cm³/mol. The van der Waals surface area contributed by atoms with Gasteiger partial charge in [0.2, 0.25) is 15.9 Å². The maximum absolute atomic E-state index is 12.8. The van der Waals surface area contributed by atoms with E-state index in [1.165, 1.54) is 17.1 Å². The van der Waals surface area contributed by atoms with Crippen LogP contribution in [-0.2, 0) is 14.8 Å². The van der Waals surface area contributed by atoms with Crippen LogP contribution in [0.4, 0.5) is 0 Å². The molecule has 1 aliphatic heterocycles. The first-order chi connectivity index (χ1) is 13.3. The van der Waals surface area contributed by atoms with E-state index < -0.39 is 10.0 Å². The van der Waals surface area contributed by atoms with Gasteiger partial charge in [0.15, 0.2) is 0 Å². The van der Waals surface area contributed by atoms with Crippen molar-refractivity contribution in [1.82, 2.24) is 14.5 Å². The molecule has 1 saturated heterocycles. The minimum Gasteiger partial charge on any atom is -0.352 e. The summed E-state index contributed by atoms with van der Waals surface area (Å²) < 4.78 is 27.1. The van der Waals surface area contributed by atoms with Gasteiger partial charge in [0.25, 0.3) is 0 Å². The third-order valence-corrected chi connectivity index (χ3v) is 8.32. The molecule has 1 saturated carbocycles. The molecule has 3 rings (SSSR count). The Bertz CT molecular complexity index is 771. The number of benzene rings is 1. The molecule has 0 spiro atoms. The van der Waals surface area contributed by atoms with Crippen molar-refractivity contribution in [2.45, 2.75) is 51.0 Å². The largest absolute Gasteiger partial charge is 0.352 e. The number of amides is 1. The Labute approximate surface area is 169 Å². The molecule has 28 heavy (non-hydrogen) atoms. The second kappa shape index (κ2) is 8.93. The van der Waals surface area contributed by atoms with Crippen molar-refractivity contribution in [3.8, 4) is 0 Å². The molecule has 156 valence electrons. The Morgan fingerprint density at radius 3 is 2.36 bits per heavy atom. The molecule has 7 heteroatoms. The molecule has 0 unspecified atom stereocenters. The summed E-state index contributed by atoms with van der Waals surface area (Å²) in [6.07, 6.45) is 3.47. The fourth-order valence-electron chi connectivity index (χ4n) is 4.23. The van der Waals surface area contributed by atoms with Crippen LogP contribution in [0.25, 0.3) is 0 Å². The fraction of sp³-hybridized carbons (Fsp3) is 0.667. The van der Waals surface area contributed by atoms with E-state index >= 15 is 0 Å². The Morgan fingerprint density at radius 2 is 1.71 bits per heavy atom. The lowest BCUT2D eigenvalue weighted by Gasteiger charge is -2.36. The van der Waals surface area contributed by atoms with Crippen LogP contribution < -0.4 is 5.32 Å². The third-order valence-electron chi connectivity index (χ3n) is 6.41. The van der Waals surface area contributed by atoms with Crippen molar-refractivity contribution in [2.75, 3.05) is 32.7 Å². The summed E-state index contributed by atoms with van der Waals surface area (Å²) in [5.41, 5.74) is 1.04. The van der Waals surface area contributed by atoms with Gasteiger partial charge < -0.3 is 5.32 Å². The molecule has 1 amide bonds. The summed E-state index contributed by atoms with van der Waals surface area (Å²) in [5, 5.41) is 3.21. The van der Waals surface area contributed by atoms with Crippen LogP contribution in [0.5, 0.6) is 0 Å². The summed E-state index contributed by atoms with van der Waals surface area (Å²) >= 11 is 0. The van der Waals surface area contributed by atoms with Crippen molar-refractivity contribution < 1.29 is 13.2 Å². The molecular formula is C21H33N3O3S. The minimum absolute atomic E-state index is 0.0563. The van der Waals surface area contributed by atoms with Gasteiger partial charge in [-0.15, -0.1) is 0 Å². The standard InChI is InChI=1S/C21H33N3O3S/c1-16-7-9-19(10-8-16)28(26,27)24-13-11-23(12-14-24)15-21(25)22-20-6-4-5-17(2)18(20)3/h7-10,17-18,20H,4-6,11-15H2,1-3H3,(H,22,25)/t17-,18-,20+/m1/s1. The van der Waals surface area contributed by atoms with Crippen LogP contribution >= 0.6 is 0 Å². The highest BCUT2D eigenvalue weighted by Crippen LogP contribution is 2.29. The molecular weight excluding hydrogens is 374 g/mol. The Morgan fingerprint density at radius 1 is 1.07 bits per heavy atom. The maximum atomic E-state index is 12.8. The molecule has 1 aromatic rings. The van der Waals surface area contributed by atoms with Gasteiger partial charge in [-0.1, -0.05) is 44.4 Å². The minimum atomic E-state index is -3.46. The third kappa shape index (κ3) is 4.93. The van der Waals surface area contributed by atoms with Gasteiger partial charge in [0.05, 0.1) is 11.4 Å². The molecule has 6 nitrogen and oxygen atoms in total. The van der Waals surface area contributed by atoms with Crippen LogP contribution in [0.2, 0.25) is 0 Å². The lowest BCUT2D eigenvalue weighted by molar-refractivity contribution is -0.124. The van der Waals surface area contributed by atoms with Crippen molar-refractivity contribution in [1.29, 1.82) is 0 Å². The van der Waals surface area contributed by atoms with E-state index in [1.807, 2.05) is 24.0 Å². The van der Waals surface area contributed by atoms with Gasteiger partial charge in [-0.25, -0.2) is 8.42 Å². The SMILES string of the molecule is Cc1ccc(S(=O)(=O)N2CCN(CC(=O)N[C@H]3CCC[C@@H](C)[C@H]3C)CC2)cc1. The Hall–Kier alpha value is -1.44. The smallest absolute Gasteiger partial charge is 0.243 e. The van der Waals surface area contributed by atoms with Gasteiger partial charge in [-0.2, -0.15) is 4.31 Å². The first-order valence-electron chi connectivity index (χ1n) is 10.4. The van der Waals surface area contributed by atoms with Crippen LogP contribution in [0, 0.1) is 18.8 Å². The predicted octanol–water partition coefficient (Wildman–Crippen LogP) is 2.24. The van der Waals surface area contributed by atoms with Crippen molar-refractivity contribution in [3.63, 3.8) is 0 Å². The maximum Gasteiger partial charge on any atom is 0.243 e. The van der Waals surface area contributed by atoms with Crippen LogP contribution in [0.3, 0.4) is 0 Å². The zero-order valence-electron chi connectivity index (χ0n) is 17.2. The molecule has 1 aromatic carbocycles. The molecule has 1 N–H and O–H groups in total. The van der Waals surface area contributed by atoms with Crippen molar-refractivity contribution in [3.05, 3.63) is 29.8 Å². The summed E-state index contributed by atoms with van der Waals surface area (Å²) in [4.78, 5) is 14.9. The highest BCUT2D eigenvalue weighted by molar-refractivity contribution is 7.89. The number of nitrogens with one attached hydrogen (secondary N) is 1. The molecule has 0 radical (unpaired) electrons. The molecule has 0 aromatic heterocycles. The molecule has 1 aliphatic carbocycles. The van der Waals surface area contributed by atoms with Crippen molar-refractivity contribution >= 4 is 15.9 Å². The summed E-state index contributed by atoms with van der Waals surface area (Å²) in [6.45, 7) is 8.76. The second-order valence-electron chi connectivity index (χ2n) is 8.43. The van der Waals surface area contributed by atoms with Gasteiger partial charge in [0, 0.05) is 32.2 Å². The number of carbonyl (C=O) groups is 1. The van der Waals surface area contributed by atoms with E-state index in [2.05, 4.69) is 19.2 Å². The molecule has 2 fully saturated rings. The first kappa shape index (κ1) is 21.3. The number of hydrogen-bond donors (Lipinski definition) is 1. The molecule has 1 heterocycles. The summed E-state index contributed by atoms with van der Waals surface area (Å²) in [5.74, 6) is 1.21. The lowest BCUT2D eigenvalue weighted by Crippen LogP contribution is -2.52. The number of nitrogens with zero attached hydrogens (tertiary/aromatic N) is 2. The number of hydrogen-bond acceptors (Lipinski definition) is 4. The Balaban J connectivity index is 1.50. The quantitative estimate of drug-likeness (QED) is 0.813. The summed E-state index contributed by atoms with van der Waals surface area (Å²) in [7, 11) is -3.46. The van der Waals surface area contributed by atoms with E-state index in [0.29, 0.717) is 49.5 Å². The molecule has 0 bridgehead atoms. The van der Waals surface area contributed by atoms with E-state index in [9.17, 15) is 13.2 Å². The Kier molecular flexibility index (Phi) is 6.78. The van der Waals surface area contributed by atoms with Gasteiger partial charge in [0.1, 0.15) is 0 Å². The summed E-state index contributed by atoms with van der Waals surface area (Å²) in [6, 6.07) is 7.23. The number of aryl methyl sites for hydroxylation is 1. The highest BCUT2D eigenvalue weighted by atomic mass is 32.2. The van der Waals surface area contributed by atoms with Gasteiger partial charge in [-0.3, -0.25) is 9.69 Å². The number of carbonyl (C=O) groups excluding carboxylic acids is 1. The van der Waals surface area contributed by atoms with Crippen molar-refractivity contribution in [2.24, 2.45) is 11.8 Å². The van der Waals surface area contributed by atoms with E-state index in [0.717, 1.165) is 12.0 Å². The first-order valence-corrected chi connectivity index (χ1v) is 11.8. The zero-order chi connectivity index (χ0) is 20.3. The highest BCUT2D eigenvalue weighted by Gasteiger charge is 2.31. The van der Waals surface area contributed by atoms with E-state index in [4.69, 9.17) is 0 Å². The second-order valence-corrected chi connectivity index (χ2v) is 10.4. The van der Waals surface area contributed by atoms with Gasteiger partial charge in [-0.05, 0) is 37.3 Å². The normalized spacial score (nSPS) is 27.5. The van der Waals surface area contributed by atoms with Gasteiger partial charge >= 0.3 is 0 Å². The van der Waals surface area contributed by atoms with Crippen LogP contribution in [0.15, 0.2) is 29.2 Å². The lowest BCUT2D eigenvalue weighted by atomic mass is 9.78. The number of sulfonamides is 1. The topological polar surface area (TPSA) is 69.7 Å². The van der Waals surface area contributed by atoms with E-state index in [1.54, 1.807) is 12.1 Å². The molecule has 2 aliphatic rings. The van der Waals surface area contributed by atoms with Crippen LogP contribution in [-0.4, -0.2) is 62.3 Å². The monoisotopic (exact) mass is 407 g/mol. The number of rotatable bonds is 5. The average molecular weight is 408 g/mol.